The summed E-state index contributed by atoms with van der Waals surface area (Å²) < 4.78 is 2.01. The van der Waals surface area contributed by atoms with Gasteiger partial charge < -0.3 is 5.32 Å². The molecule has 1 N–H and O–H groups in total. The number of hydrogen-bond donors (Lipinski definition) is 1. The summed E-state index contributed by atoms with van der Waals surface area (Å²) in [5.74, 6) is 1.35. The van der Waals surface area contributed by atoms with Gasteiger partial charge in [-0.05, 0) is 50.3 Å². The maximum Gasteiger partial charge on any atom is 0.0732 e. The first kappa shape index (κ1) is 12.1. The predicted octanol–water partition coefficient (Wildman–Crippen LogP) is 2.51. The third-order valence-electron chi connectivity index (χ3n) is 4.62. The molecule has 2 aliphatic rings. The van der Waals surface area contributed by atoms with Gasteiger partial charge in [0.05, 0.1) is 17.6 Å². The Kier molecular flexibility index (Phi) is 3.03. The van der Waals surface area contributed by atoms with Crippen LogP contribution in [0.5, 0.6) is 0 Å². The van der Waals surface area contributed by atoms with E-state index in [0.717, 1.165) is 24.2 Å². The van der Waals surface area contributed by atoms with Crippen molar-refractivity contribution in [2.75, 3.05) is 6.54 Å². The Bertz CT molecular complexity index is 573. The molecule has 0 aliphatic heterocycles. The summed E-state index contributed by atoms with van der Waals surface area (Å²) in [6, 6.07) is 11.1. The third-order valence-corrected chi connectivity index (χ3v) is 4.62. The second-order valence-corrected chi connectivity index (χ2v) is 6.03. The van der Waals surface area contributed by atoms with E-state index in [4.69, 9.17) is 0 Å². The van der Waals surface area contributed by atoms with Crippen LogP contribution in [-0.4, -0.2) is 27.6 Å². The Hall–Kier alpha value is -1.68. The van der Waals surface area contributed by atoms with Crippen molar-refractivity contribution in [3.8, 4) is 5.69 Å². The highest BCUT2D eigenvalue weighted by Gasteiger charge is 2.35. The second kappa shape index (κ2) is 5.02. The minimum absolute atomic E-state index is 0.608. The van der Waals surface area contributed by atoms with Gasteiger partial charge in [0.2, 0.25) is 0 Å². The van der Waals surface area contributed by atoms with Crippen molar-refractivity contribution in [1.29, 1.82) is 0 Å². The summed E-state index contributed by atoms with van der Waals surface area (Å²) in [5.41, 5.74) is 2.38. The number of nitrogens with zero attached hydrogens (tertiary/aromatic N) is 3. The summed E-state index contributed by atoms with van der Waals surface area (Å²) in [6.45, 7) is 1.15. The van der Waals surface area contributed by atoms with Gasteiger partial charge in [-0.15, -0.1) is 5.10 Å². The highest BCUT2D eigenvalue weighted by Crippen LogP contribution is 2.42. The van der Waals surface area contributed by atoms with E-state index in [-0.39, 0.29) is 0 Å². The van der Waals surface area contributed by atoms with Crippen molar-refractivity contribution in [3.63, 3.8) is 0 Å². The van der Waals surface area contributed by atoms with Gasteiger partial charge in [-0.2, -0.15) is 0 Å². The number of para-hydroxylation sites is 1. The Morgan fingerprint density at radius 2 is 1.95 bits per heavy atom. The van der Waals surface area contributed by atoms with E-state index in [2.05, 4.69) is 27.8 Å². The van der Waals surface area contributed by atoms with Crippen LogP contribution in [0.3, 0.4) is 0 Å². The zero-order valence-corrected chi connectivity index (χ0v) is 11.6. The predicted molar refractivity (Wildman–Crippen MR) is 77.8 cm³/mol. The van der Waals surface area contributed by atoms with Crippen molar-refractivity contribution < 1.29 is 0 Å². The molecule has 2 unspecified atom stereocenters. The first-order chi connectivity index (χ1) is 9.92. The van der Waals surface area contributed by atoms with Crippen LogP contribution in [0.15, 0.2) is 36.5 Å². The van der Waals surface area contributed by atoms with Crippen LogP contribution < -0.4 is 5.32 Å². The summed E-state index contributed by atoms with van der Waals surface area (Å²) in [7, 11) is 0. The largest absolute Gasteiger partial charge is 0.314 e. The van der Waals surface area contributed by atoms with Gasteiger partial charge >= 0.3 is 0 Å². The molecule has 2 fully saturated rings. The highest BCUT2D eigenvalue weighted by atomic mass is 15.4. The van der Waals surface area contributed by atoms with Gasteiger partial charge in [-0.1, -0.05) is 23.4 Å². The normalized spacial score (nSPS) is 25.4. The van der Waals surface area contributed by atoms with Gasteiger partial charge in [-0.25, -0.2) is 4.68 Å². The minimum atomic E-state index is 0.608. The van der Waals surface area contributed by atoms with E-state index in [1.165, 1.54) is 31.4 Å². The quantitative estimate of drug-likeness (QED) is 0.906. The molecule has 2 atom stereocenters. The standard InChI is InChI=1S/C16H20N4/c1-2-4-14(5-3-1)20-16(11-18-19-20)15-9-6-12(15)10-17-13-7-8-13/h1-5,11-13,15,17H,6-10H2. The van der Waals surface area contributed by atoms with E-state index < -0.39 is 0 Å². The molecule has 2 aliphatic carbocycles. The number of benzene rings is 1. The molecule has 4 rings (SSSR count). The molecule has 1 aromatic heterocycles. The van der Waals surface area contributed by atoms with Crippen molar-refractivity contribution in [1.82, 2.24) is 20.3 Å². The molecule has 4 nitrogen and oxygen atoms in total. The fraction of sp³-hybridized carbons (Fsp3) is 0.500. The molecule has 1 aromatic carbocycles. The van der Waals surface area contributed by atoms with Gasteiger partial charge in [0, 0.05) is 12.0 Å². The minimum Gasteiger partial charge on any atom is -0.314 e. The second-order valence-electron chi connectivity index (χ2n) is 6.03. The van der Waals surface area contributed by atoms with E-state index in [0.29, 0.717) is 5.92 Å². The lowest BCUT2D eigenvalue weighted by atomic mass is 9.72. The average molecular weight is 268 g/mol. The summed E-state index contributed by atoms with van der Waals surface area (Å²) in [4.78, 5) is 0. The van der Waals surface area contributed by atoms with E-state index >= 15 is 0 Å². The Morgan fingerprint density at radius 1 is 1.10 bits per heavy atom. The Balaban J connectivity index is 1.52. The Morgan fingerprint density at radius 3 is 2.65 bits per heavy atom. The SMILES string of the molecule is c1ccc(-n2nncc2C2CCC2CNC2CC2)cc1. The summed E-state index contributed by atoms with van der Waals surface area (Å²) in [5, 5.41) is 12.1. The molecular formula is C16H20N4. The molecule has 0 bridgehead atoms. The average Bonchev–Trinajstić information content (AvgIpc) is 3.16. The van der Waals surface area contributed by atoms with Crippen molar-refractivity contribution >= 4 is 0 Å². The number of rotatable bonds is 5. The maximum atomic E-state index is 4.28. The van der Waals surface area contributed by atoms with Gasteiger partial charge in [0.15, 0.2) is 0 Å². The molecule has 0 amide bonds. The number of hydrogen-bond acceptors (Lipinski definition) is 3. The van der Waals surface area contributed by atoms with Crippen molar-refractivity contribution in [2.24, 2.45) is 5.92 Å². The Labute approximate surface area is 119 Å². The van der Waals surface area contributed by atoms with Crippen LogP contribution >= 0.6 is 0 Å². The van der Waals surface area contributed by atoms with Gasteiger partial charge in [-0.3, -0.25) is 0 Å². The zero-order valence-electron chi connectivity index (χ0n) is 11.6. The summed E-state index contributed by atoms with van der Waals surface area (Å²) >= 11 is 0. The molecule has 0 saturated heterocycles. The zero-order chi connectivity index (χ0) is 13.4. The molecule has 104 valence electrons. The van der Waals surface area contributed by atoms with Crippen molar-refractivity contribution in [3.05, 3.63) is 42.2 Å². The first-order valence-corrected chi connectivity index (χ1v) is 7.61. The fourth-order valence-corrected chi connectivity index (χ4v) is 3.07. The molecule has 0 spiro atoms. The molecule has 0 radical (unpaired) electrons. The molecule has 2 saturated carbocycles. The van der Waals surface area contributed by atoms with Crippen LogP contribution in [0.1, 0.15) is 37.3 Å². The van der Waals surface area contributed by atoms with Gasteiger partial charge in [0.1, 0.15) is 0 Å². The van der Waals surface area contributed by atoms with Crippen LogP contribution in [0.2, 0.25) is 0 Å². The maximum absolute atomic E-state index is 4.28. The van der Waals surface area contributed by atoms with Gasteiger partial charge in [0.25, 0.3) is 0 Å². The molecular weight excluding hydrogens is 248 g/mol. The van der Waals surface area contributed by atoms with Crippen LogP contribution in [-0.2, 0) is 0 Å². The first-order valence-electron chi connectivity index (χ1n) is 7.61. The fourth-order valence-electron chi connectivity index (χ4n) is 3.07. The summed E-state index contributed by atoms with van der Waals surface area (Å²) in [6.07, 6.45) is 7.25. The molecule has 20 heavy (non-hydrogen) atoms. The van der Waals surface area contributed by atoms with Crippen LogP contribution in [0, 0.1) is 5.92 Å². The lowest BCUT2D eigenvalue weighted by Gasteiger charge is -2.36. The van der Waals surface area contributed by atoms with Crippen LogP contribution in [0.4, 0.5) is 0 Å². The topological polar surface area (TPSA) is 42.7 Å². The molecule has 2 aromatic rings. The van der Waals surface area contributed by atoms with Crippen LogP contribution in [0.25, 0.3) is 5.69 Å². The molecule has 1 heterocycles. The molecule has 4 heteroatoms. The van der Waals surface area contributed by atoms with Crippen molar-refractivity contribution in [2.45, 2.75) is 37.6 Å². The third kappa shape index (κ3) is 2.24. The lowest BCUT2D eigenvalue weighted by molar-refractivity contribution is 0.237. The lowest BCUT2D eigenvalue weighted by Crippen LogP contribution is -2.35. The van der Waals surface area contributed by atoms with E-state index in [9.17, 15) is 0 Å². The number of nitrogens with one attached hydrogen (secondary N) is 1. The number of aromatic nitrogens is 3. The van der Waals surface area contributed by atoms with E-state index in [1.807, 2.05) is 29.1 Å². The monoisotopic (exact) mass is 268 g/mol. The highest BCUT2D eigenvalue weighted by molar-refractivity contribution is 5.33. The smallest absolute Gasteiger partial charge is 0.0732 e. The van der Waals surface area contributed by atoms with E-state index in [1.54, 1.807) is 0 Å².